The van der Waals surface area contributed by atoms with Gasteiger partial charge in [0.15, 0.2) is 0 Å². The van der Waals surface area contributed by atoms with Crippen molar-refractivity contribution in [2.24, 2.45) is 0 Å². The van der Waals surface area contributed by atoms with Crippen LogP contribution in [-0.2, 0) is 24.3 Å². The fraction of sp³-hybridized carbons (Fsp3) is 0.174. The van der Waals surface area contributed by atoms with Crippen molar-refractivity contribution in [2.75, 3.05) is 0 Å². The lowest BCUT2D eigenvalue weighted by atomic mass is 10.1. The van der Waals surface area contributed by atoms with Gasteiger partial charge in [-0.1, -0.05) is 84.9 Å². The Bertz CT molecular complexity index is 812. The maximum atomic E-state index is 13.0. The molecular formula is C23H23NO. The smallest absolute Gasteiger partial charge is 0.227 e. The number of carbonyl (C=O) groups is 1. The molecule has 0 aliphatic rings. The van der Waals surface area contributed by atoms with Gasteiger partial charge in [-0.2, -0.15) is 0 Å². The third-order valence-electron chi connectivity index (χ3n) is 4.39. The van der Waals surface area contributed by atoms with Crippen molar-refractivity contribution in [3.8, 4) is 0 Å². The highest BCUT2D eigenvalue weighted by Gasteiger charge is 2.16. The molecule has 0 aliphatic heterocycles. The summed E-state index contributed by atoms with van der Waals surface area (Å²) in [7, 11) is 0. The van der Waals surface area contributed by atoms with Crippen LogP contribution in [0, 0.1) is 6.92 Å². The Kier molecular flexibility index (Phi) is 5.63. The van der Waals surface area contributed by atoms with Gasteiger partial charge in [0.2, 0.25) is 5.91 Å². The first-order valence-electron chi connectivity index (χ1n) is 8.62. The predicted molar refractivity (Wildman–Crippen MR) is 102 cm³/mol. The highest BCUT2D eigenvalue weighted by Crippen LogP contribution is 2.15. The first kappa shape index (κ1) is 17.0. The number of rotatable bonds is 6. The van der Waals surface area contributed by atoms with E-state index in [4.69, 9.17) is 0 Å². The minimum absolute atomic E-state index is 0.151. The molecule has 2 nitrogen and oxygen atoms in total. The van der Waals surface area contributed by atoms with E-state index in [1.807, 2.05) is 65.6 Å². The zero-order valence-corrected chi connectivity index (χ0v) is 14.6. The summed E-state index contributed by atoms with van der Waals surface area (Å²) in [6.07, 6.45) is 0.430. The molecule has 3 aromatic carbocycles. The summed E-state index contributed by atoms with van der Waals surface area (Å²) < 4.78 is 0. The number of amides is 1. The van der Waals surface area contributed by atoms with E-state index in [1.54, 1.807) is 0 Å². The van der Waals surface area contributed by atoms with Crippen LogP contribution in [0.15, 0.2) is 84.9 Å². The topological polar surface area (TPSA) is 20.3 Å². The lowest BCUT2D eigenvalue weighted by Gasteiger charge is -2.24. The summed E-state index contributed by atoms with van der Waals surface area (Å²) in [5, 5.41) is 0. The molecule has 0 atom stereocenters. The van der Waals surface area contributed by atoms with Crippen LogP contribution in [0.1, 0.15) is 22.3 Å². The van der Waals surface area contributed by atoms with E-state index >= 15 is 0 Å². The molecular weight excluding hydrogens is 306 g/mol. The SMILES string of the molecule is Cc1ccccc1CN(Cc1ccccc1)C(=O)Cc1ccccc1. The number of aryl methyl sites for hydroxylation is 1. The third kappa shape index (κ3) is 4.80. The predicted octanol–water partition coefficient (Wildman–Crippen LogP) is 4.77. The molecule has 25 heavy (non-hydrogen) atoms. The van der Waals surface area contributed by atoms with Gasteiger partial charge >= 0.3 is 0 Å². The average Bonchev–Trinajstić information content (AvgIpc) is 2.64. The van der Waals surface area contributed by atoms with Gasteiger partial charge in [-0.3, -0.25) is 4.79 Å². The molecule has 0 radical (unpaired) electrons. The number of nitrogens with zero attached hydrogens (tertiary/aromatic N) is 1. The van der Waals surface area contributed by atoms with Crippen molar-refractivity contribution in [3.05, 3.63) is 107 Å². The van der Waals surface area contributed by atoms with E-state index in [-0.39, 0.29) is 5.91 Å². The first-order chi connectivity index (χ1) is 12.2. The molecule has 0 saturated carbocycles. The van der Waals surface area contributed by atoms with Crippen molar-refractivity contribution in [1.29, 1.82) is 0 Å². The molecule has 1 amide bonds. The summed E-state index contributed by atoms with van der Waals surface area (Å²) in [5.74, 6) is 0.151. The van der Waals surface area contributed by atoms with Gasteiger partial charge in [0.25, 0.3) is 0 Å². The molecule has 0 spiro atoms. The maximum Gasteiger partial charge on any atom is 0.227 e. The van der Waals surface area contributed by atoms with Crippen LogP contribution in [-0.4, -0.2) is 10.8 Å². The van der Waals surface area contributed by atoms with Gasteiger partial charge in [-0.25, -0.2) is 0 Å². The van der Waals surface area contributed by atoms with E-state index in [9.17, 15) is 4.79 Å². The summed E-state index contributed by atoms with van der Waals surface area (Å²) in [5.41, 5.74) is 4.61. The average molecular weight is 329 g/mol. The molecule has 0 fully saturated rings. The summed E-state index contributed by atoms with van der Waals surface area (Å²) in [4.78, 5) is 14.9. The normalized spacial score (nSPS) is 10.4. The molecule has 0 saturated heterocycles. The quantitative estimate of drug-likeness (QED) is 0.638. The largest absolute Gasteiger partial charge is 0.334 e. The Hall–Kier alpha value is -2.87. The standard InChI is InChI=1S/C23H23NO/c1-19-10-8-9-15-22(19)18-24(17-21-13-6-3-7-14-21)23(25)16-20-11-4-2-5-12-20/h2-15H,16-18H2,1H3. The maximum absolute atomic E-state index is 13.0. The molecule has 0 heterocycles. The van der Waals surface area contributed by atoms with Crippen molar-refractivity contribution >= 4 is 5.91 Å². The second-order valence-corrected chi connectivity index (χ2v) is 6.32. The monoisotopic (exact) mass is 329 g/mol. The van der Waals surface area contributed by atoms with E-state index in [0.29, 0.717) is 19.5 Å². The van der Waals surface area contributed by atoms with Crippen molar-refractivity contribution in [3.63, 3.8) is 0 Å². The Morgan fingerprint density at radius 2 is 1.28 bits per heavy atom. The second kappa shape index (κ2) is 8.29. The van der Waals surface area contributed by atoms with Crippen LogP contribution in [0.2, 0.25) is 0 Å². The summed E-state index contributed by atoms with van der Waals surface area (Å²) in [6.45, 7) is 3.35. The molecule has 0 unspecified atom stereocenters. The molecule has 0 bridgehead atoms. The van der Waals surface area contributed by atoms with Gasteiger partial charge < -0.3 is 4.90 Å². The minimum Gasteiger partial charge on any atom is -0.334 e. The van der Waals surface area contributed by atoms with Crippen LogP contribution < -0.4 is 0 Å². The van der Waals surface area contributed by atoms with Gasteiger partial charge in [0.05, 0.1) is 6.42 Å². The van der Waals surface area contributed by atoms with Crippen LogP contribution in [0.3, 0.4) is 0 Å². The second-order valence-electron chi connectivity index (χ2n) is 6.32. The van der Waals surface area contributed by atoms with Crippen LogP contribution in [0.4, 0.5) is 0 Å². The zero-order chi connectivity index (χ0) is 17.5. The number of carbonyl (C=O) groups excluding carboxylic acids is 1. The highest BCUT2D eigenvalue weighted by molar-refractivity contribution is 5.78. The zero-order valence-electron chi connectivity index (χ0n) is 14.6. The fourth-order valence-corrected chi connectivity index (χ4v) is 2.91. The Morgan fingerprint density at radius 1 is 0.720 bits per heavy atom. The van der Waals surface area contributed by atoms with Gasteiger partial charge in [0, 0.05) is 13.1 Å². The Morgan fingerprint density at radius 3 is 1.92 bits per heavy atom. The first-order valence-corrected chi connectivity index (χ1v) is 8.62. The number of benzene rings is 3. The highest BCUT2D eigenvalue weighted by atomic mass is 16.2. The summed E-state index contributed by atoms with van der Waals surface area (Å²) in [6, 6.07) is 28.4. The molecule has 2 heteroatoms. The molecule has 126 valence electrons. The summed E-state index contributed by atoms with van der Waals surface area (Å²) >= 11 is 0. The van der Waals surface area contributed by atoms with E-state index in [1.165, 1.54) is 11.1 Å². The molecule has 3 aromatic rings. The Balaban J connectivity index is 1.80. The van der Waals surface area contributed by atoms with E-state index in [0.717, 1.165) is 11.1 Å². The van der Waals surface area contributed by atoms with E-state index in [2.05, 4.69) is 31.2 Å². The molecule has 0 aliphatic carbocycles. The number of hydrogen-bond acceptors (Lipinski definition) is 1. The van der Waals surface area contributed by atoms with Crippen molar-refractivity contribution in [1.82, 2.24) is 4.90 Å². The van der Waals surface area contributed by atoms with Gasteiger partial charge in [-0.15, -0.1) is 0 Å². The Labute approximate surface area is 149 Å². The van der Waals surface area contributed by atoms with Crippen LogP contribution >= 0.6 is 0 Å². The van der Waals surface area contributed by atoms with Crippen LogP contribution in [0.25, 0.3) is 0 Å². The fourth-order valence-electron chi connectivity index (χ4n) is 2.91. The van der Waals surface area contributed by atoms with E-state index < -0.39 is 0 Å². The lowest BCUT2D eigenvalue weighted by molar-refractivity contribution is -0.131. The minimum atomic E-state index is 0.151. The van der Waals surface area contributed by atoms with Gasteiger partial charge in [0.1, 0.15) is 0 Å². The lowest BCUT2D eigenvalue weighted by Crippen LogP contribution is -2.31. The van der Waals surface area contributed by atoms with Crippen LogP contribution in [0.5, 0.6) is 0 Å². The van der Waals surface area contributed by atoms with Crippen molar-refractivity contribution < 1.29 is 4.79 Å². The molecule has 0 N–H and O–H groups in total. The van der Waals surface area contributed by atoms with Crippen molar-refractivity contribution in [2.45, 2.75) is 26.4 Å². The molecule has 0 aromatic heterocycles. The third-order valence-corrected chi connectivity index (χ3v) is 4.39. The molecule has 3 rings (SSSR count). The number of hydrogen-bond donors (Lipinski definition) is 0. The van der Waals surface area contributed by atoms with Gasteiger partial charge in [-0.05, 0) is 29.2 Å².